The summed E-state index contributed by atoms with van der Waals surface area (Å²) in [6.07, 6.45) is 19.0. The van der Waals surface area contributed by atoms with E-state index in [0.29, 0.717) is 24.7 Å². The molecule has 1 aliphatic heterocycles. The zero-order valence-electron chi connectivity index (χ0n) is 32.6. The summed E-state index contributed by atoms with van der Waals surface area (Å²) in [4.78, 5) is 51.0. The van der Waals surface area contributed by atoms with Crippen molar-refractivity contribution in [2.75, 3.05) is 19.7 Å². The van der Waals surface area contributed by atoms with E-state index in [9.17, 15) is 19.2 Å². The number of allylic oxidation sites excluding steroid dienone is 1. The molecule has 7 nitrogen and oxygen atoms in total. The summed E-state index contributed by atoms with van der Waals surface area (Å²) in [5.74, 6) is 3.88. The third kappa shape index (κ3) is 8.38. The van der Waals surface area contributed by atoms with Gasteiger partial charge in [-0.2, -0.15) is 0 Å². The van der Waals surface area contributed by atoms with Crippen LogP contribution in [0.1, 0.15) is 151 Å². The molecular formula is C43H69NO6. The molecule has 50 heavy (non-hydrogen) atoms. The molecule has 0 aromatic heterocycles. The largest absolute Gasteiger partial charge is 0.465 e. The van der Waals surface area contributed by atoms with E-state index >= 15 is 0 Å². The van der Waals surface area contributed by atoms with Gasteiger partial charge in [0, 0.05) is 25.8 Å². The van der Waals surface area contributed by atoms with Crippen molar-refractivity contribution in [1.82, 2.24) is 4.90 Å². The van der Waals surface area contributed by atoms with E-state index in [-0.39, 0.29) is 48.9 Å². The number of Topliss-reactive ketones (excluding diaryl/α,β-unsaturated/α-hetero) is 1. The molecule has 0 N–H and O–H groups in total. The first kappa shape index (κ1) is 39.0. The van der Waals surface area contributed by atoms with Crippen LogP contribution in [0.3, 0.4) is 0 Å². The van der Waals surface area contributed by atoms with E-state index in [0.717, 1.165) is 80.0 Å². The molecule has 0 radical (unpaired) electrons. The molecular weight excluding hydrogens is 626 g/mol. The number of likely N-dealkylation sites (tertiary alicyclic amines) is 1. The third-order valence-electron chi connectivity index (χ3n) is 14.7. The normalized spacial score (nSPS) is 34.8. The van der Waals surface area contributed by atoms with Gasteiger partial charge in [0.15, 0.2) is 5.78 Å². The summed E-state index contributed by atoms with van der Waals surface area (Å²) < 4.78 is 11.0. The highest BCUT2D eigenvalue weighted by atomic mass is 16.5. The maximum atomic E-state index is 12.9. The highest BCUT2D eigenvalue weighted by Crippen LogP contribution is 2.67. The number of hydrogen-bond acceptors (Lipinski definition) is 6. The van der Waals surface area contributed by atoms with Gasteiger partial charge in [-0.15, -0.1) is 0 Å². The topological polar surface area (TPSA) is 90.0 Å². The number of nitrogens with zero attached hydrogens (tertiary/aromatic N) is 1. The van der Waals surface area contributed by atoms with Gasteiger partial charge < -0.3 is 14.4 Å². The Morgan fingerprint density at radius 3 is 2.38 bits per heavy atom. The minimum Gasteiger partial charge on any atom is -0.465 e. The van der Waals surface area contributed by atoms with E-state index < -0.39 is 11.9 Å². The number of hydrogen-bond donors (Lipinski definition) is 0. The zero-order valence-corrected chi connectivity index (χ0v) is 32.6. The highest BCUT2D eigenvalue weighted by molar-refractivity contribution is 6.04. The lowest BCUT2D eigenvalue weighted by Gasteiger charge is -2.58. The van der Waals surface area contributed by atoms with Crippen molar-refractivity contribution in [3.8, 4) is 0 Å². The van der Waals surface area contributed by atoms with Crippen LogP contribution in [0.15, 0.2) is 11.6 Å². The minimum atomic E-state index is -0.847. The fourth-order valence-electron chi connectivity index (χ4n) is 11.5. The first-order chi connectivity index (χ1) is 23.8. The molecule has 1 saturated heterocycles. The molecule has 0 aromatic carbocycles. The van der Waals surface area contributed by atoms with Crippen molar-refractivity contribution in [3.05, 3.63) is 11.6 Å². The van der Waals surface area contributed by atoms with Gasteiger partial charge in [-0.25, -0.2) is 0 Å². The number of carbonyl (C=O) groups is 4. The van der Waals surface area contributed by atoms with Crippen molar-refractivity contribution in [2.45, 2.75) is 157 Å². The molecule has 5 rings (SSSR count). The van der Waals surface area contributed by atoms with Crippen LogP contribution in [0.5, 0.6) is 0 Å². The molecule has 282 valence electrons. The Morgan fingerprint density at radius 2 is 1.66 bits per heavy atom. The molecule has 3 saturated carbocycles. The highest BCUT2D eigenvalue weighted by Gasteiger charge is 2.59. The molecule has 7 heteroatoms. The van der Waals surface area contributed by atoms with Crippen LogP contribution >= 0.6 is 0 Å². The fraction of sp³-hybridized carbons (Fsp3) is 0.860. The molecule has 4 fully saturated rings. The number of fused-ring (bicyclic) bond motifs is 5. The number of esters is 2. The second kappa shape index (κ2) is 16.7. The Balaban J connectivity index is 1.03. The third-order valence-corrected chi connectivity index (χ3v) is 14.7. The van der Waals surface area contributed by atoms with Gasteiger partial charge in [-0.05, 0) is 117 Å². The van der Waals surface area contributed by atoms with Crippen molar-refractivity contribution in [3.63, 3.8) is 0 Å². The van der Waals surface area contributed by atoms with Gasteiger partial charge in [0.1, 0.15) is 12.0 Å². The average molecular weight is 696 g/mol. The molecule has 4 aliphatic carbocycles. The summed E-state index contributed by atoms with van der Waals surface area (Å²) >= 11 is 0. The average Bonchev–Trinajstić information content (AvgIpc) is 3.64. The van der Waals surface area contributed by atoms with Crippen LogP contribution in [0.4, 0.5) is 0 Å². The van der Waals surface area contributed by atoms with Gasteiger partial charge in [0.05, 0.1) is 13.2 Å². The molecule has 0 aromatic rings. The number of amides is 1. The van der Waals surface area contributed by atoms with Crippen molar-refractivity contribution in [2.24, 2.45) is 58.2 Å². The monoisotopic (exact) mass is 696 g/mol. The van der Waals surface area contributed by atoms with Gasteiger partial charge in [-0.3, -0.25) is 19.2 Å². The first-order valence-corrected chi connectivity index (χ1v) is 20.6. The predicted octanol–water partition coefficient (Wildman–Crippen LogP) is 9.12. The number of unbranched alkanes of at least 4 members (excludes halogenated alkanes) is 3. The minimum absolute atomic E-state index is 0.00417. The summed E-state index contributed by atoms with van der Waals surface area (Å²) in [6.45, 7) is 17.1. The van der Waals surface area contributed by atoms with Crippen LogP contribution in [0, 0.1) is 58.2 Å². The van der Waals surface area contributed by atoms with Crippen LogP contribution in [0.2, 0.25) is 0 Å². The Hall–Kier alpha value is -2.18. The molecule has 5 aliphatic rings. The molecule has 1 amide bonds. The SMILES string of the molecule is CCOC(=O)C1CN(C(=O)CCCCCCC(=O)O[C@H]2CC[C@@]3(C)C(=CCC4C3CC[C@@]3(C)C4CC[C@@H]3C(C)C(C)CCC(C)C)C2)CC1=O. The maximum absolute atomic E-state index is 12.9. The van der Waals surface area contributed by atoms with Crippen molar-refractivity contribution in [1.29, 1.82) is 0 Å². The summed E-state index contributed by atoms with van der Waals surface area (Å²) in [7, 11) is 0. The van der Waals surface area contributed by atoms with Crippen LogP contribution in [0.25, 0.3) is 0 Å². The van der Waals surface area contributed by atoms with Crippen LogP contribution in [-0.4, -0.2) is 54.3 Å². The number of ketones is 1. The molecule has 1 heterocycles. The first-order valence-electron chi connectivity index (χ1n) is 20.6. The Bertz CT molecular complexity index is 1260. The second-order valence-electron chi connectivity index (χ2n) is 18.1. The summed E-state index contributed by atoms with van der Waals surface area (Å²) in [6, 6.07) is 0. The van der Waals surface area contributed by atoms with Crippen molar-refractivity contribution >= 4 is 23.6 Å². The lowest BCUT2D eigenvalue weighted by molar-refractivity contribution is -0.152. The van der Waals surface area contributed by atoms with Gasteiger partial charge >= 0.3 is 11.9 Å². The Kier molecular flexibility index (Phi) is 13.0. The Labute approximate surface area is 303 Å². The number of carbonyl (C=O) groups excluding carboxylic acids is 4. The predicted molar refractivity (Wildman–Crippen MR) is 197 cm³/mol. The zero-order chi connectivity index (χ0) is 36.2. The number of rotatable bonds is 15. The lowest BCUT2D eigenvalue weighted by Crippen LogP contribution is -2.51. The molecule has 6 unspecified atom stereocenters. The second-order valence-corrected chi connectivity index (χ2v) is 18.1. The van der Waals surface area contributed by atoms with E-state index in [1.807, 2.05) is 0 Å². The quantitative estimate of drug-likeness (QED) is 0.0735. The van der Waals surface area contributed by atoms with E-state index in [4.69, 9.17) is 9.47 Å². The number of ether oxygens (including phenoxy) is 2. The van der Waals surface area contributed by atoms with Gasteiger partial charge in [0.2, 0.25) is 5.91 Å². The van der Waals surface area contributed by atoms with E-state index in [1.54, 1.807) is 12.5 Å². The summed E-state index contributed by atoms with van der Waals surface area (Å²) in [5.41, 5.74) is 2.30. The standard InChI is InChI=1S/C43H69NO6/c1-8-49-41(48)34-26-44(27-38(34)45)39(46)13-11-9-10-12-14-40(47)50-32-21-23-42(6)31(25-32)17-18-33-36-20-19-35(43(36,7)24-22-37(33)42)30(5)29(4)16-15-28(2)3/h17,28-30,32-37H,8-16,18-27H2,1-7H3/t29?,30?,32-,33?,34?,35+,36?,37?,42-,43+/m0/s1. The molecule has 10 atom stereocenters. The van der Waals surface area contributed by atoms with Crippen LogP contribution in [-0.2, 0) is 28.7 Å². The van der Waals surface area contributed by atoms with E-state index in [1.165, 1.54) is 49.8 Å². The lowest BCUT2D eigenvalue weighted by atomic mass is 9.46. The molecule has 0 bridgehead atoms. The fourth-order valence-corrected chi connectivity index (χ4v) is 11.5. The Morgan fingerprint density at radius 1 is 0.920 bits per heavy atom. The smallest absolute Gasteiger partial charge is 0.318 e. The summed E-state index contributed by atoms with van der Waals surface area (Å²) in [5, 5.41) is 0. The van der Waals surface area contributed by atoms with Gasteiger partial charge in [-0.1, -0.05) is 78.9 Å². The van der Waals surface area contributed by atoms with Crippen molar-refractivity contribution < 1.29 is 28.7 Å². The molecule has 0 spiro atoms. The van der Waals surface area contributed by atoms with Crippen LogP contribution < -0.4 is 0 Å². The van der Waals surface area contributed by atoms with E-state index in [2.05, 4.69) is 47.6 Å². The maximum Gasteiger partial charge on any atom is 0.318 e. The van der Waals surface area contributed by atoms with Gasteiger partial charge in [0.25, 0.3) is 0 Å².